The van der Waals surface area contributed by atoms with Crippen molar-refractivity contribution in [2.75, 3.05) is 0 Å². The summed E-state index contributed by atoms with van der Waals surface area (Å²) in [5.74, 6) is -0.0544. The molecule has 0 saturated heterocycles. The van der Waals surface area contributed by atoms with Crippen LogP contribution < -0.4 is 0 Å². The molecular weight excluding hydrogens is 356 g/mol. The second-order valence-corrected chi connectivity index (χ2v) is 9.14. The van der Waals surface area contributed by atoms with Gasteiger partial charge < -0.3 is 0 Å². The number of ketones is 2. The van der Waals surface area contributed by atoms with Crippen molar-refractivity contribution in [3.63, 3.8) is 0 Å². The number of rotatable bonds is 9. The Labute approximate surface area is 177 Å². The first kappa shape index (κ1) is 24.8. The molecule has 0 fully saturated rings. The van der Waals surface area contributed by atoms with E-state index in [9.17, 15) is 9.59 Å². The summed E-state index contributed by atoms with van der Waals surface area (Å²) in [6.45, 7) is 16.5. The van der Waals surface area contributed by atoms with Gasteiger partial charge in [0, 0.05) is 16.6 Å². The van der Waals surface area contributed by atoms with Gasteiger partial charge in [-0.05, 0) is 93.2 Å². The Morgan fingerprint density at radius 2 is 1.03 bits per heavy atom. The van der Waals surface area contributed by atoms with Gasteiger partial charge in [0.25, 0.3) is 0 Å². The van der Waals surface area contributed by atoms with Gasteiger partial charge in [0.2, 0.25) is 0 Å². The smallest absolute Gasteiger partial charge is 0.182 e. The normalized spacial score (nSPS) is 13.9. The fourth-order valence-corrected chi connectivity index (χ4v) is 3.45. The molecule has 0 atom stereocenters. The Hall–Kier alpha value is -2.22. The lowest BCUT2D eigenvalue weighted by atomic mass is 9.66. The molecule has 0 aliphatic heterocycles. The third-order valence-corrected chi connectivity index (χ3v) is 5.18. The van der Waals surface area contributed by atoms with E-state index in [2.05, 4.69) is 59.8 Å². The number of hydrogen-bond donors (Lipinski definition) is 0. The van der Waals surface area contributed by atoms with Crippen molar-refractivity contribution in [2.24, 2.45) is 5.41 Å². The van der Waals surface area contributed by atoms with E-state index in [1.165, 1.54) is 28.9 Å². The lowest BCUT2D eigenvalue weighted by molar-refractivity contribution is -0.116. The fourth-order valence-electron chi connectivity index (χ4n) is 3.45. The van der Waals surface area contributed by atoms with Crippen LogP contribution >= 0.6 is 0 Å². The Kier molecular flexibility index (Phi) is 9.49. The SMILES string of the molecule is CC(C)=CCC1=C(C(CC=C(C)C)(CC=C(C)C)CC=C(C)C)C(=O)C=CC1=O. The number of hydrogen-bond acceptors (Lipinski definition) is 2. The molecule has 0 heterocycles. The van der Waals surface area contributed by atoms with Gasteiger partial charge in [-0.15, -0.1) is 0 Å². The summed E-state index contributed by atoms with van der Waals surface area (Å²) in [4.78, 5) is 26.0. The summed E-state index contributed by atoms with van der Waals surface area (Å²) >= 11 is 0. The zero-order chi connectivity index (χ0) is 22.2. The van der Waals surface area contributed by atoms with E-state index in [4.69, 9.17) is 0 Å². The molecule has 0 aromatic heterocycles. The molecule has 0 aromatic rings. The van der Waals surface area contributed by atoms with Crippen LogP contribution in [0, 0.1) is 5.41 Å². The van der Waals surface area contributed by atoms with E-state index in [1.54, 1.807) is 0 Å². The minimum atomic E-state index is -0.422. The monoisotopic (exact) mass is 394 g/mol. The molecule has 0 amide bonds. The van der Waals surface area contributed by atoms with E-state index < -0.39 is 5.41 Å². The lowest BCUT2D eigenvalue weighted by Crippen LogP contribution is -2.31. The third kappa shape index (κ3) is 7.61. The van der Waals surface area contributed by atoms with Crippen molar-refractivity contribution >= 4 is 11.6 Å². The van der Waals surface area contributed by atoms with Crippen LogP contribution in [0.5, 0.6) is 0 Å². The van der Waals surface area contributed by atoms with Crippen LogP contribution in [0.1, 0.15) is 81.1 Å². The summed E-state index contributed by atoms with van der Waals surface area (Å²) in [6, 6.07) is 0. The van der Waals surface area contributed by atoms with E-state index in [1.807, 2.05) is 19.9 Å². The summed E-state index contributed by atoms with van der Waals surface area (Å²) in [5.41, 5.74) is 5.75. The summed E-state index contributed by atoms with van der Waals surface area (Å²) in [7, 11) is 0. The molecule has 0 unspecified atom stereocenters. The quantitative estimate of drug-likeness (QED) is 0.301. The van der Waals surface area contributed by atoms with Crippen LogP contribution in [-0.4, -0.2) is 11.6 Å². The molecule has 0 N–H and O–H groups in total. The molecule has 0 spiro atoms. The topological polar surface area (TPSA) is 34.1 Å². The average Bonchev–Trinajstić information content (AvgIpc) is 2.62. The molecule has 1 aliphatic carbocycles. The Morgan fingerprint density at radius 1 is 0.655 bits per heavy atom. The number of carbonyl (C=O) groups excluding carboxylic acids is 2. The van der Waals surface area contributed by atoms with Crippen molar-refractivity contribution in [2.45, 2.75) is 81.1 Å². The molecule has 29 heavy (non-hydrogen) atoms. The largest absolute Gasteiger partial charge is 0.290 e. The van der Waals surface area contributed by atoms with E-state index in [0.717, 1.165) is 24.8 Å². The Balaban J connectivity index is 3.80. The molecule has 0 radical (unpaired) electrons. The maximum atomic E-state index is 13.2. The maximum Gasteiger partial charge on any atom is 0.182 e. The highest BCUT2D eigenvalue weighted by Crippen LogP contribution is 2.45. The molecule has 1 rings (SSSR count). The van der Waals surface area contributed by atoms with E-state index in [-0.39, 0.29) is 11.6 Å². The molecule has 0 bridgehead atoms. The second-order valence-electron chi connectivity index (χ2n) is 9.14. The van der Waals surface area contributed by atoms with Crippen LogP contribution in [-0.2, 0) is 9.59 Å². The Bertz CT molecular complexity index is 756. The predicted molar refractivity (Wildman–Crippen MR) is 125 cm³/mol. The minimum absolute atomic E-state index is 0.0202. The molecule has 0 aromatic carbocycles. The van der Waals surface area contributed by atoms with Crippen LogP contribution in [0.15, 0.2) is 69.9 Å². The minimum Gasteiger partial charge on any atom is -0.290 e. The van der Waals surface area contributed by atoms with Crippen molar-refractivity contribution in [3.05, 3.63) is 69.9 Å². The lowest BCUT2D eigenvalue weighted by Gasteiger charge is -2.36. The maximum absolute atomic E-state index is 13.2. The van der Waals surface area contributed by atoms with Gasteiger partial charge in [0.1, 0.15) is 0 Å². The zero-order valence-electron chi connectivity index (χ0n) is 19.6. The first-order valence-electron chi connectivity index (χ1n) is 10.5. The van der Waals surface area contributed by atoms with Gasteiger partial charge >= 0.3 is 0 Å². The zero-order valence-corrected chi connectivity index (χ0v) is 19.6. The average molecular weight is 395 g/mol. The number of carbonyl (C=O) groups is 2. The van der Waals surface area contributed by atoms with Crippen LogP contribution in [0.25, 0.3) is 0 Å². The standard InChI is InChI=1S/C27H38O2/c1-19(2)9-10-23-24(28)11-12-25(29)26(23)27(16-13-20(3)4,17-14-21(5)6)18-15-22(7)8/h9,11-15H,10,16-18H2,1-8H3. The van der Waals surface area contributed by atoms with Crippen molar-refractivity contribution < 1.29 is 9.59 Å². The van der Waals surface area contributed by atoms with E-state index >= 15 is 0 Å². The summed E-state index contributed by atoms with van der Waals surface area (Å²) in [6.07, 6.45) is 14.3. The van der Waals surface area contributed by atoms with Gasteiger partial charge in [-0.25, -0.2) is 0 Å². The number of allylic oxidation sites excluding steroid dienone is 12. The van der Waals surface area contributed by atoms with Gasteiger partial charge in [-0.3, -0.25) is 9.59 Å². The predicted octanol–water partition coefficient (Wildman–Crippen LogP) is 7.40. The fraction of sp³-hybridized carbons (Fsp3) is 0.481. The molecule has 1 aliphatic rings. The highest BCUT2D eigenvalue weighted by Gasteiger charge is 2.39. The Morgan fingerprint density at radius 3 is 1.41 bits per heavy atom. The van der Waals surface area contributed by atoms with Crippen molar-refractivity contribution in [1.29, 1.82) is 0 Å². The molecule has 158 valence electrons. The van der Waals surface area contributed by atoms with Crippen molar-refractivity contribution in [3.8, 4) is 0 Å². The van der Waals surface area contributed by atoms with Gasteiger partial charge in [-0.1, -0.05) is 46.6 Å². The second kappa shape index (κ2) is 11.1. The molecule has 0 saturated carbocycles. The van der Waals surface area contributed by atoms with Gasteiger partial charge in [-0.2, -0.15) is 0 Å². The highest BCUT2D eigenvalue weighted by atomic mass is 16.1. The summed E-state index contributed by atoms with van der Waals surface area (Å²) < 4.78 is 0. The first-order chi connectivity index (χ1) is 13.5. The summed E-state index contributed by atoms with van der Waals surface area (Å²) in [5, 5.41) is 0. The van der Waals surface area contributed by atoms with E-state index in [0.29, 0.717) is 17.6 Å². The van der Waals surface area contributed by atoms with Crippen LogP contribution in [0.4, 0.5) is 0 Å². The van der Waals surface area contributed by atoms with Gasteiger partial charge in [0.05, 0.1) is 0 Å². The van der Waals surface area contributed by atoms with Crippen LogP contribution in [0.2, 0.25) is 0 Å². The highest BCUT2D eigenvalue weighted by molar-refractivity contribution is 6.20. The molecule has 2 nitrogen and oxygen atoms in total. The van der Waals surface area contributed by atoms with Crippen LogP contribution in [0.3, 0.4) is 0 Å². The molecular formula is C27H38O2. The van der Waals surface area contributed by atoms with Gasteiger partial charge in [0.15, 0.2) is 11.6 Å². The molecule has 2 heteroatoms. The first-order valence-corrected chi connectivity index (χ1v) is 10.5. The van der Waals surface area contributed by atoms with Crippen molar-refractivity contribution in [1.82, 2.24) is 0 Å². The third-order valence-electron chi connectivity index (χ3n) is 5.18.